The second-order valence-electron chi connectivity index (χ2n) is 9.33. The van der Waals surface area contributed by atoms with E-state index in [9.17, 15) is 14.7 Å². The Bertz CT molecular complexity index is 1430. The summed E-state index contributed by atoms with van der Waals surface area (Å²) in [6.07, 6.45) is 5.44. The van der Waals surface area contributed by atoms with Gasteiger partial charge in [-0.1, -0.05) is 31.5 Å². The maximum Gasteiger partial charge on any atom is 0.257 e. The molecule has 0 fully saturated rings. The number of carbonyl (C=O) groups is 2. The van der Waals surface area contributed by atoms with E-state index < -0.39 is 0 Å². The van der Waals surface area contributed by atoms with Crippen molar-refractivity contribution in [3.05, 3.63) is 82.1 Å². The van der Waals surface area contributed by atoms with Gasteiger partial charge < -0.3 is 15.2 Å². The summed E-state index contributed by atoms with van der Waals surface area (Å²) in [5.41, 5.74) is 4.99. The molecular formula is C28H27ClN4O4. The van der Waals surface area contributed by atoms with E-state index in [-0.39, 0.29) is 27.8 Å². The Morgan fingerprint density at radius 2 is 2.03 bits per heavy atom. The number of fused-ring (bicyclic) bond motifs is 1. The van der Waals surface area contributed by atoms with Gasteiger partial charge in [0.25, 0.3) is 5.91 Å². The highest BCUT2D eigenvalue weighted by Crippen LogP contribution is 2.46. The van der Waals surface area contributed by atoms with Crippen LogP contribution in [0.4, 0.5) is 11.4 Å². The van der Waals surface area contributed by atoms with Crippen LogP contribution in [0.5, 0.6) is 11.5 Å². The Labute approximate surface area is 220 Å². The number of pyridine rings is 1. The zero-order chi connectivity index (χ0) is 26.7. The number of amides is 1. The molecule has 0 unspecified atom stereocenters. The highest BCUT2D eigenvalue weighted by atomic mass is 35.5. The lowest BCUT2D eigenvalue weighted by atomic mass is 9.71. The summed E-state index contributed by atoms with van der Waals surface area (Å²) >= 11 is 6.16. The molecule has 0 saturated heterocycles. The minimum absolute atomic E-state index is 0.0128. The molecule has 4 rings (SSSR count). The summed E-state index contributed by atoms with van der Waals surface area (Å²) in [6, 6.07) is 12.1. The van der Waals surface area contributed by atoms with E-state index in [0.29, 0.717) is 23.2 Å². The molecule has 0 atom stereocenters. The number of ether oxygens (including phenoxy) is 1. The minimum atomic E-state index is -0.358. The van der Waals surface area contributed by atoms with E-state index in [0.717, 1.165) is 35.0 Å². The summed E-state index contributed by atoms with van der Waals surface area (Å²) in [5.74, 6) is -0.0985. The van der Waals surface area contributed by atoms with Crippen molar-refractivity contribution in [3.8, 4) is 11.5 Å². The van der Waals surface area contributed by atoms with Gasteiger partial charge in [-0.05, 0) is 60.2 Å². The lowest BCUT2D eigenvalue weighted by Crippen LogP contribution is -2.29. The monoisotopic (exact) mass is 518 g/mol. The largest absolute Gasteiger partial charge is 0.504 e. The fraction of sp³-hybridized carbons (Fsp3) is 0.214. The van der Waals surface area contributed by atoms with Gasteiger partial charge in [-0.15, -0.1) is 0 Å². The zero-order valence-electron chi connectivity index (χ0n) is 20.9. The average Bonchev–Trinajstić information content (AvgIpc) is 2.86. The van der Waals surface area contributed by atoms with Gasteiger partial charge in [0, 0.05) is 29.7 Å². The molecule has 2 N–H and O–H groups in total. The second-order valence-corrected chi connectivity index (χ2v) is 9.74. The quantitative estimate of drug-likeness (QED) is 0.232. The number of hydrogen-bond acceptors (Lipinski definition) is 7. The van der Waals surface area contributed by atoms with Crippen LogP contribution in [0.2, 0.25) is 5.02 Å². The van der Waals surface area contributed by atoms with Crippen LogP contribution in [0.15, 0.2) is 65.5 Å². The normalized spacial score (nSPS) is 14.3. The number of nitrogens with zero attached hydrogens (tertiary/aromatic N) is 3. The number of hydrazone groups is 1. The van der Waals surface area contributed by atoms with Crippen molar-refractivity contribution >= 4 is 47.1 Å². The third kappa shape index (κ3) is 5.20. The van der Waals surface area contributed by atoms with Crippen LogP contribution in [0.25, 0.3) is 5.70 Å². The number of hydrogen-bond donors (Lipinski definition) is 2. The Morgan fingerprint density at radius 3 is 2.73 bits per heavy atom. The summed E-state index contributed by atoms with van der Waals surface area (Å²) in [7, 11) is 1.46. The Kier molecular flexibility index (Phi) is 7.31. The standard InChI is InChI=1S/C28H27ClN4O4/c1-17-15-28(2,3)22-7-5-18(32-27(36)20-9-10-30-16-23(20)29)13-21(22)26(17)33(31-11-12-34)19-6-8-24(35)25(14-19)37-4/h5-14,16,35H,15H2,1-4H3,(H,32,36)/b31-11+. The van der Waals surface area contributed by atoms with Crippen LogP contribution in [0, 0.1) is 0 Å². The summed E-state index contributed by atoms with van der Waals surface area (Å²) < 4.78 is 5.29. The first-order valence-electron chi connectivity index (χ1n) is 11.6. The van der Waals surface area contributed by atoms with E-state index in [1.807, 2.05) is 25.1 Å². The maximum absolute atomic E-state index is 12.9. The maximum atomic E-state index is 12.9. The molecule has 0 bridgehead atoms. The predicted molar refractivity (Wildman–Crippen MR) is 146 cm³/mol. The van der Waals surface area contributed by atoms with Gasteiger partial charge in [0.15, 0.2) is 17.8 Å². The molecular weight excluding hydrogens is 492 g/mol. The van der Waals surface area contributed by atoms with Crippen LogP contribution in [-0.4, -0.2) is 35.6 Å². The number of aldehydes is 1. The first-order valence-corrected chi connectivity index (χ1v) is 11.9. The second kappa shape index (κ2) is 10.4. The van der Waals surface area contributed by atoms with Crippen LogP contribution < -0.4 is 15.1 Å². The molecule has 0 aliphatic heterocycles. The Hall–Kier alpha value is -4.17. The Balaban J connectivity index is 1.84. The number of nitrogens with one attached hydrogen (secondary N) is 1. The molecule has 37 heavy (non-hydrogen) atoms. The summed E-state index contributed by atoms with van der Waals surface area (Å²) in [4.78, 5) is 28.1. The fourth-order valence-electron chi connectivity index (χ4n) is 4.68. The summed E-state index contributed by atoms with van der Waals surface area (Å²) in [6.45, 7) is 6.33. The molecule has 190 valence electrons. The SMILES string of the molecule is COc1cc(N(/N=C/C=O)C2=C(C)CC(C)(C)c3ccc(NC(=O)c4ccncc4Cl)cc32)ccc1O. The van der Waals surface area contributed by atoms with Gasteiger partial charge in [0.2, 0.25) is 0 Å². The molecule has 3 aromatic rings. The van der Waals surface area contributed by atoms with Crippen molar-refractivity contribution in [2.24, 2.45) is 5.10 Å². The first kappa shape index (κ1) is 25.9. The lowest BCUT2D eigenvalue weighted by Gasteiger charge is -2.38. The van der Waals surface area contributed by atoms with E-state index in [1.54, 1.807) is 23.2 Å². The van der Waals surface area contributed by atoms with Crippen molar-refractivity contribution in [1.82, 2.24) is 4.98 Å². The number of phenolic OH excluding ortho intramolecular Hbond substituents is 1. The van der Waals surface area contributed by atoms with Crippen LogP contribution in [0.1, 0.15) is 48.7 Å². The van der Waals surface area contributed by atoms with Crippen molar-refractivity contribution in [2.45, 2.75) is 32.6 Å². The molecule has 1 amide bonds. The van der Waals surface area contributed by atoms with Crippen LogP contribution in [-0.2, 0) is 10.2 Å². The topological polar surface area (TPSA) is 104 Å². The van der Waals surface area contributed by atoms with Crippen LogP contribution >= 0.6 is 11.6 Å². The van der Waals surface area contributed by atoms with Gasteiger partial charge in [-0.2, -0.15) is 5.10 Å². The van der Waals surface area contributed by atoms with Gasteiger partial charge in [0.05, 0.1) is 35.3 Å². The minimum Gasteiger partial charge on any atom is -0.504 e. The molecule has 1 aliphatic carbocycles. The molecule has 1 aliphatic rings. The predicted octanol–water partition coefficient (Wildman–Crippen LogP) is 5.81. The van der Waals surface area contributed by atoms with Gasteiger partial charge in [-0.25, -0.2) is 5.01 Å². The third-order valence-electron chi connectivity index (χ3n) is 6.25. The number of halogens is 1. The molecule has 0 radical (unpaired) electrons. The smallest absolute Gasteiger partial charge is 0.257 e. The number of carbonyl (C=O) groups excluding carboxylic acids is 2. The number of aromatic nitrogens is 1. The van der Waals surface area contributed by atoms with E-state index >= 15 is 0 Å². The van der Waals surface area contributed by atoms with Crippen molar-refractivity contribution in [1.29, 1.82) is 0 Å². The van der Waals surface area contributed by atoms with E-state index in [2.05, 4.69) is 29.2 Å². The molecule has 8 nitrogen and oxygen atoms in total. The highest BCUT2D eigenvalue weighted by molar-refractivity contribution is 6.34. The van der Waals surface area contributed by atoms with Crippen molar-refractivity contribution in [3.63, 3.8) is 0 Å². The molecule has 0 saturated carbocycles. The number of anilines is 2. The Morgan fingerprint density at radius 1 is 1.24 bits per heavy atom. The molecule has 9 heteroatoms. The summed E-state index contributed by atoms with van der Waals surface area (Å²) in [5, 5.41) is 19.4. The molecule has 1 aromatic heterocycles. The zero-order valence-corrected chi connectivity index (χ0v) is 21.7. The van der Waals surface area contributed by atoms with Crippen LogP contribution in [0.3, 0.4) is 0 Å². The van der Waals surface area contributed by atoms with Crippen molar-refractivity contribution in [2.75, 3.05) is 17.4 Å². The van der Waals surface area contributed by atoms with Gasteiger partial charge in [0.1, 0.15) is 0 Å². The first-order chi connectivity index (χ1) is 17.7. The highest BCUT2D eigenvalue weighted by Gasteiger charge is 2.34. The molecule has 0 spiro atoms. The average molecular weight is 519 g/mol. The third-order valence-corrected chi connectivity index (χ3v) is 6.55. The van der Waals surface area contributed by atoms with Crippen molar-refractivity contribution < 1.29 is 19.4 Å². The number of benzene rings is 2. The number of rotatable bonds is 7. The number of methoxy groups -OCH3 is 1. The van der Waals surface area contributed by atoms with E-state index in [4.69, 9.17) is 16.3 Å². The number of phenols is 1. The van der Waals surface area contributed by atoms with Gasteiger partial charge in [-0.3, -0.25) is 14.6 Å². The number of allylic oxidation sites excluding steroid dienone is 1. The van der Waals surface area contributed by atoms with Gasteiger partial charge >= 0.3 is 0 Å². The lowest BCUT2D eigenvalue weighted by molar-refractivity contribution is -0.102. The molecule has 1 heterocycles. The van der Waals surface area contributed by atoms with E-state index in [1.165, 1.54) is 25.6 Å². The molecule has 2 aromatic carbocycles. The number of aromatic hydroxyl groups is 1. The fourth-order valence-corrected chi connectivity index (χ4v) is 4.88.